The van der Waals surface area contributed by atoms with Gasteiger partial charge < -0.3 is 14.5 Å². The van der Waals surface area contributed by atoms with E-state index < -0.39 is 5.91 Å². The highest BCUT2D eigenvalue weighted by atomic mass is 16.2. The quantitative estimate of drug-likeness (QED) is 0.394. The van der Waals surface area contributed by atoms with Gasteiger partial charge in [-0.1, -0.05) is 38.5 Å². The number of carbonyl (C=O) groups is 1. The van der Waals surface area contributed by atoms with Gasteiger partial charge in [-0.05, 0) is 73.4 Å². The summed E-state index contributed by atoms with van der Waals surface area (Å²) in [5.74, 6) is 1.84. The highest BCUT2D eigenvalue weighted by Crippen LogP contribution is 2.53. The van der Waals surface area contributed by atoms with E-state index in [0.717, 1.165) is 55.8 Å². The van der Waals surface area contributed by atoms with Crippen molar-refractivity contribution in [2.24, 2.45) is 18.9 Å². The first-order chi connectivity index (χ1) is 18.8. The van der Waals surface area contributed by atoms with Gasteiger partial charge in [0.1, 0.15) is 17.7 Å². The Morgan fingerprint density at radius 3 is 2.82 bits per heavy atom. The van der Waals surface area contributed by atoms with Crippen LogP contribution >= 0.6 is 0 Å². The van der Waals surface area contributed by atoms with Gasteiger partial charge in [0.05, 0.1) is 5.41 Å². The molecule has 3 heterocycles. The van der Waals surface area contributed by atoms with Crippen molar-refractivity contribution in [1.82, 2.24) is 24.2 Å². The van der Waals surface area contributed by atoms with Crippen LogP contribution in [-0.4, -0.2) is 43.2 Å². The summed E-state index contributed by atoms with van der Waals surface area (Å²) in [5.41, 5.74) is 2.37. The van der Waals surface area contributed by atoms with Crippen LogP contribution in [0.1, 0.15) is 74.7 Å². The number of pyridine rings is 1. The summed E-state index contributed by atoms with van der Waals surface area (Å²) in [7, 11) is 1.98. The van der Waals surface area contributed by atoms with Crippen LogP contribution in [0.3, 0.4) is 0 Å². The molecular formula is C31H42N6O2. The Hall–Kier alpha value is -3.52. The Morgan fingerprint density at radius 2 is 2.13 bits per heavy atom. The van der Waals surface area contributed by atoms with Crippen LogP contribution in [0.15, 0.2) is 60.3 Å². The minimum absolute atomic E-state index is 0. The second-order valence-electron chi connectivity index (χ2n) is 11.6. The average Bonchev–Trinajstić information content (AvgIpc) is 3.32. The van der Waals surface area contributed by atoms with Gasteiger partial charge in [0.15, 0.2) is 0 Å². The molecule has 0 radical (unpaired) electrons. The lowest BCUT2D eigenvalue weighted by Crippen LogP contribution is -2.44. The molecule has 39 heavy (non-hydrogen) atoms. The number of anilines is 1. The van der Waals surface area contributed by atoms with Crippen molar-refractivity contribution in [3.63, 3.8) is 0 Å². The number of allylic oxidation sites excluding steroid dienone is 1. The lowest BCUT2D eigenvalue weighted by atomic mass is 9.57. The van der Waals surface area contributed by atoms with Crippen molar-refractivity contribution in [2.75, 3.05) is 18.4 Å². The molecule has 2 aromatic heterocycles. The third-order valence-electron chi connectivity index (χ3n) is 8.52. The van der Waals surface area contributed by atoms with Gasteiger partial charge >= 0.3 is 0 Å². The van der Waals surface area contributed by atoms with Gasteiger partial charge in [0.2, 0.25) is 0 Å². The highest BCUT2D eigenvalue weighted by Gasteiger charge is 2.49. The van der Waals surface area contributed by atoms with Crippen LogP contribution in [-0.2, 0) is 25.6 Å². The number of hydrogen-bond acceptors (Lipinski definition) is 5. The van der Waals surface area contributed by atoms with E-state index in [1.54, 1.807) is 23.0 Å². The second kappa shape index (κ2) is 11.3. The third kappa shape index (κ3) is 5.48. The number of piperidine rings is 1. The van der Waals surface area contributed by atoms with Gasteiger partial charge in [-0.2, -0.15) is 0 Å². The maximum atomic E-state index is 13.5. The lowest BCUT2D eigenvalue weighted by molar-refractivity contribution is 0.102. The van der Waals surface area contributed by atoms with E-state index in [1.807, 2.05) is 36.0 Å². The van der Waals surface area contributed by atoms with Crippen LogP contribution in [0, 0.1) is 11.8 Å². The molecule has 1 N–H and O–H groups in total. The van der Waals surface area contributed by atoms with Gasteiger partial charge in [-0.3, -0.25) is 14.5 Å². The summed E-state index contributed by atoms with van der Waals surface area (Å²) in [6.07, 6.45) is 10.8. The van der Waals surface area contributed by atoms with E-state index in [9.17, 15) is 9.59 Å². The number of carbonyl (C=O) groups excluding carboxylic acids is 1. The van der Waals surface area contributed by atoms with Crippen LogP contribution in [0.5, 0.6) is 0 Å². The molecule has 5 rings (SSSR count). The molecule has 1 amide bonds. The van der Waals surface area contributed by atoms with Crippen LogP contribution < -0.4 is 10.9 Å². The second-order valence-corrected chi connectivity index (χ2v) is 11.6. The molecule has 1 saturated carbocycles. The molecule has 0 bridgehead atoms. The fraction of sp³-hybridized carbons (Fsp3) is 0.484. The summed E-state index contributed by atoms with van der Waals surface area (Å²) in [5, 5.41) is 11.6. The number of hydrogen-bond donors (Lipinski definition) is 1. The maximum absolute atomic E-state index is 13.5. The predicted octanol–water partition coefficient (Wildman–Crippen LogP) is 5.00. The molecule has 1 atom stereocenters. The smallest absolute Gasteiger partial charge is 0.263 e. The fourth-order valence-corrected chi connectivity index (χ4v) is 6.48. The summed E-state index contributed by atoms with van der Waals surface area (Å²) < 4.78 is 3.58. The fourth-order valence-electron chi connectivity index (χ4n) is 6.48. The first-order valence-electron chi connectivity index (χ1n) is 14.2. The molecule has 8 heteroatoms. The van der Waals surface area contributed by atoms with Crippen molar-refractivity contribution in [1.29, 1.82) is 0 Å². The number of benzene rings is 1. The van der Waals surface area contributed by atoms with E-state index in [1.165, 1.54) is 12.8 Å². The topological polar surface area (TPSA) is 85.1 Å². The molecule has 8 nitrogen and oxygen atoms in total. The Balaban J connectivity index is 0.00000370. The number of nitrogens with one attached hydrogen (secondary N) is 1. The number of aryl methyl sites for hydroxylation is 1. The van der Waals surface area contributed by atoms with Crippen molar-refractivity contribution in [2.45, 2.75) is 64.5 Å². The van der Waals surface area contributed by atoms with Crippen LogP contribution in [0.2, 0.25) is 0 Å². The van der Waals surface area contributed by atoms with Gasteiger partial charge in [-0.25, -0.2) is 0 Å². The number of nitrogens with zero attached hydrogens (tertiary/aromatic N) is 5. The van der Waals surface area contributed by atoms with Gasteiger partial charge in [0, 0.05) is 40.0 Å². The SMILES string of the molecule is C=CCn1cc(CN2CCC[C@H](C)C2)cc(C(=O)Nc2cccc(C3(c4nncn4C)CC(CC)C3)c2)c1=O.[HH]. The predicted molar refractivity (Wildman–Crippen MR) is 156 cm³/mol. The van der Waals surface area contributed by atoms with Gasteiger partial charge in [-0.15, -0.1) is 16.8 Å². The van der Waals surface area contributed by atoms with Crippen LogP contribution in [0.25, 0.3) is 0 Å². The molecule has 2 fully saturated rings. The van der Waals surface area contributed by atoms with Gasteiger partial charge in [0.25, 0.3) is 11.5 Å². The normalized spacial score (nSPS) is 23.3. The molecule has 0 unspecified atom stereocenters. The largest absolute Gasteiger partial charge is 0.322 e. The van der Waals surface area contributed by atoms with Crippen molar-refractivity contribution < 1.29 is 6.22 Å². The number of amides is 1. The summed E-state index contributed by atoms with van der Waals surface area (Å²) in [4.78, 5) is 29.2. The minimum atomic E-state index is -0.392. The van der Waals surface area contributed by atoms with Crippen molar-refractivity contribution in [3.05, 3.63) is 88.4 Å². The van der Waals surface area contributed by atoms with E-state index in [-0.39, 0.29) is 18.0 Å². The highest BCUT2D eigenvalue weighted by molar-refractivity contribution is 6.04. The molecule has 2 aliphatic rings. The molecule has 1 aliphatic carbocycles. The first-order valence-corrected chi connectivity index (χ1v) is 14.2. The first kappa shape index (κ1) is 27.1. The maximum Gasteiger partial charge on any atom is 0.263 e. The number of rotatable bonds is 9. The molecule has 1 aromatic carbocycles. The Morgan fingerprint density at radius 1 is 1.31 bits per heavy atom. The lowest BCUT2D eigenvalue weighted by Gasteiger charge is -2.47. The molecule has 208 valence electrons. The molecule has 3 aromatic rings. The Kier molecular flexibility index (Phi) is 7.84. The van der Waals surface area contributed by atoms with Crippen molar-refractivity contribution in [3.8, 4) is 0 Å². The van der Waals surface area contributed by atoms with Crippen LogP contribution in [0.4, 0.5) is 5.69 Å². The third-order valence-corrected chi connectivity index (χ3v) is 8.52. The molecule has 1 saturated heterocycles. The molecule has 0 spiro atoms. The minimum Gasteiger partial charge on any atom is -0.322 e. The molecule has 1 aliphatic heterocycles. The standard InChI is InChI=1S/C31H40N6O2.H2/c1-5-12-37-20-24(19-36-13-8-9-22(3)18-36)14-27(29(37)39)28(38)33-26-11-7-10-25(15-26)31(16-23(6-2)17-31)30-34-32-21-35(30)4;/h5,7,10-11,14-15,20-23H,1,6,8-9,12-13,16-19H2,2-4H3,(H,33,38);1H/t22-,23?,31?;/m0./s1. The van der Waals surface area contributed by atoms with E-state index in [4.69, 9.17) is 0 Å². The summed E-state index contributed by atoms with van der Waals surface area (Å²) in [6, 6.07) is 9.74. The molecular weight excluding hydrogens is 488 g/mol. The monoisotopic (exact) mass is 530 g/mol. The van der Waals surface area contributed by atoms with E-state index in [0.29, 0.717) is 24.1 Å². The Labute approximate surface area is 232 Å². The van der Waals surface area contributed by atoms with Crippen molar-refractivity contribution >= 4 is 11.6 Å². The average molecular weight is 531 g/mol. The van der Waals surface area contributed by atoms with E-state index in [2.05, 4.69) is 46.9 Å². The number of likely N-dealkylation sites (tertiary alicyclic amines) is 1. The zero-order valence-corrected chi connectivity index (χ0v) is 23.4. The summed E-state index contributed by atoms with van der Waals surface area (Å²) in [6.45, 7) is 11.4. The zero-order chi connectivity index (χ0) is 27.6. The zero-order valence-electron chi connectivity index (χ0n) is 23.4. The van der Waals surface area contributed by atoms with E-state index >= 15 is 0 Å². The Bertz CT molecular complexity index is 1410. The summed E-state index contributed by atoms with van der Waals surface area (Å²) >= 11 is 0. The number of aromatic nitrogens is 4.